The van der Waals surface area contributed by atoms with Gasteiger partial charge < -0.3 is 10.6 Å². The van der Waals surface area contributed by atoms with Crippen molar-refractivity contribution in [3.63, 3.8) is 0 Å². The maximum atomic E-state index is 12.2. The Morgan fingerprint density at radius 2 is 1.68 bits per heavy atom. The number of amides is 2. The summed E-state index contributed by atoms with van der Waals surface area (Å²) in [5, 5.41) is 10.2. The number of carbonyl (C=O) groups is 2. The molecule has 28 heavy (non-hydrogen) atoms. The van der Waals surface area contributed by atoms with Gasteiger partial charge in [0.1, 0.15) is 18.7 Å². The summed E-state index contributed by atoms with van der Waals surface area (Å²) >= 11 is 5.83. The van der Waals surface area contributed by atoms with Crippen LogP contribution in [-0.4, -0.2) is 26.6 Å². The molecule has 0 bridgehead atoms. The number of carbonyl (C=O) groups excluding carboxylic acids is 2. The van der Waals surface area contributed by atoms with Crippen LogP contribution in [0.3, 0.4) is 0 Å². The number of hydrogen-bond acceptors (Lipinski definition) is 4. The van der Waals surface area contributed by atoms with Gasteiger partial charge in [0.2, 0.25) is 11.8 Å². The predicted molar refractivity (Wildman–Crippen MR) is 109 cm³/mol. The summed E-state index contributed by atoms with van der Waals surface area (Å²) in [4.78, 5) is 28.1. The second kappa shape index (κ2) is 8.96. The molecule has 1 atom stereocenters. The van der Waals surface area contributed by atoms with Crippen LogP contribution in [0.1, 0.15) is 18.5 Å². The number of nitrogens with one attached hydrogen (secondary N) is 2. The molecule has 1 unspecified atom stereocenters. The second-order valence-corrected chi connectivity index (χ2v) is 6.43. The zero-order valence-electron chi connectivity index (χ0n) is 15.0. The maximum absolute atomic E-state index is 12.2. The van der Waals surface area contributed by atoms with Crippen molar-refractivity contribution in [2.45, 2.75) is 13.0 Å². The Labute approximate surface area is 167 Å². The number of anilines is 2. The molecule has 0 saturated heterocycles. The van der Waals surface area contributed by atoms with Gasteiger partial charge >= 0.3 is 0 Å². The number of hydrogen-bond donors (Lipinski definition) is 2. The van der Waals surface area contributed by atoms with Crippen molar-refractivity contribution in [3.05, 3.63) is 77.8 Å². The number of halogens is 1. The maximum Gasteiger partial charge on any atom is 0.249 e. The average Bonchev–Trinajstić information content (AvgIpc) is 3.23. The molecular formula is C20H18ClN5O2. The minimum absolute atomic E-state index is 0.215. The van der Waals surface area contributed by atoms with E-state index in [0.717, 1.165) is 5.56 Å². The average molecular weight is 396 g/mol. The quantitative estimate of drug-likeness (QED) is 0.621. The largest absolute Gasteiger partial charge is 0.324 e. The van der Waals surface area contributed by atoms with Gasteiger partial charge in [0.05, 0.1) is 0 Å². The van der Waals surface area contributed by atoms with E-state index < -0.39 is 6.04 Å². The third-order valence-electron chi connectivity index (χ3n) is 3.93. The first kappa shape index (κ1) is 19.3. The summed E-state index contributed by atoms with van der Waals surface area (Å²) in [5.74, 6) is -0.472. The minimum atomic E-state index is -0.486. The van der Waals surface area contributed by atoms with Crippen LogP contribution in [0.25, 0.3) is 6.08 Å². The highest BCUT2D eigenvalue weighted by Gasteiger charge is 2.15. The SMILES string of the molecule is CC(C(=O)Nc1ccc(NC(=O)/C=C/c2ccc(Cl)cc2)cc1)n1cncn1. The van der Waals surface area contributed by atoms with Crippen molar-refractivity contribution >= 4 is 40.9 Å². The fourth-order valence-corrected chi connectivity index (χ4v) is 2.48. The first-order valence-corrected chi connectivity index (χ1v) is 8.89. The summed E-state index contributed by atoms with van der Waals surface area (Å²) in [6, 6.07) is 13.5. The molecule has 0 aliphatic heterocycles. The Kier molecular flexibility index (Phi) is 6.18. The molecule has 142 valence electrons. The number of benzene rings is 2. The molecular weight excluding hydrogens is 378 g/mol. The van der Waals surface area contributed by atoms with E-state index >= 15 is 0 Å². The third kappa shape index (κ3) is 5.28. The predicted octanol–water partition coefficient (Wildman–Crippen LogP) is 3.78. The van der Waals surface area contributed by atoms with Crippen LogP contribution in [0.4, 0.5) is 11.4 Å². The van der Waals surface area contributed by atoms with Crippen LogP contribution >= 0.6 is 11.6 Å². The Morgan fingerprint density at radius 3 is 2.29 bits per heavy atom. The zero-order valence-corrected chi connectivity index (χ0v) is 15.8. The van der Waals surface area contributed by atoms with E-state index in [4.69, 9.17) is 11.6 Å². The first-order valence-electron chi connectivity index (χ1n) is 8.51. The molecule has 2 amide bonds. The highest BCUT2D eigenvalue weighted by molar-refractivity contribution is 6.30. The molecule has 3 rings (SSSR count). The van der Waals surface area contributed by atoms with Gasteiger partial charge in [-0.2, -0.15) is 5.10 Å². The normalized spacial score (nSPS) is 11.9. The van der Waals surface area contributed by atoms with Crippen molar-refractivity contribution in [2.75, 3.05) is 10.6 Å². The Balaban J connectivity index is 1.54. The Morgan fingerprint density at radius 1 is 1.04 bits per heavy atom. The van der Waals surface area contributed by atoms with Crippen LogP contribution < -0.4 is 10.6 Å². The molecule has 1 aromatic heterocycles. The lowest BCUT2D eigenvalue weighted by atomic mass is 10.2. The lowest BCUT2D eigenvalue weighted by Gasteiger charge is -2.12. The van der Waals surface area contributed by atoms with Crippen molar-refractivity contribution in [2.24, 2.45) is 0 Å². The van der Waals surface area contributed by atoms with E-state index in [-0.39, 0.29) is 11.8 Å². The summed E-state index contributed by atoms with van der Waals surface area (Å²) in [7, 11) is 0. The van der Waals surface area contributed by atoms with E-state index in [0.29, 0.717) is 16.4 Å². The lowest BCUT2D eigenvalue weighted by molar-refractivity contribution is -0.119. The summed E-state index contributed by atoms with van der Waals surface area (Å²) in [6.45, 7) is 1.73. The highest BCUT2D eigenvalue weighted by atomic mass is 35.5. The molecule has 8 heteroatoms. The molecule has 0 fully saturated rings. The van der Waals surface area contributed by atoms with Gasteiger partial charge in [-0.1, -0.05) is 23.7 Å². The molecule has 0 saturated carbocycles. The van der Waals surface area contributed by atoms with E-state index in [1.54, 1.807) is 49.4 Å². The second-order valence-electron chi connectivity index (χ2n) is 5.99. The van der Waals surface area contributed by atoms with Crippen LogP contribution in [-0.2, 0) is 9.59 Å². The highest BCUT2D eigenvalue weighted by Crippen LogP contribution is 2.16. The summed E-state index contributed by atoms with van der Waals surface area (Å²) in [5.41, 5.74) is 2.11. The lowest BCUT2D eigenvalue weighted by Crippen LogP contribution is -2.24. The first-order chi connectivity index (χ1) is 13.5. The number of nitrogens with zero attached hydrogens (tertiary/aromatic N) is 3. The monoisotopic (exact) mass is 395 g/mol. The molecule has 3 aromatic rings. The molecule has 7 nitrogen and oxygen atoms in total. The van der Waals surface area contributed by atoms with Crippen molar-refractivity contribution in [3.8, 4) is 0 Å². The van der Waals surface area contributed by atoms with Gasteiger partial charge in [0.25, 0.3) is 0 Å². The molecule has 0 aliphatic carbocycles. The summed E-state index contributed by atoms with van der Waals surface area (Å²) < 4.78 is 1.47. The van der Waals surface area contributed by atoms with Gasteiger partial charge in [-0.25, -0.2) is 9.67 Å². The van der Waals surface area contributed by atoms with Gasteiger partial charge in [-0.15, -0.1) is 0 Å². The Hall–Kier alpha value is -3.45. The van der Waals surface area contributed by atoms with Gasteiger partial charge in [-0.3, -0.25) is 9.59 Å². The van der Waals surface area contributed by atoms with Crippen molar-refractivity contribution in [1.29, 1.82) is 0 Å². The zero-order chi connectivity index (χ0) is 19.9. The van der Waals surface area contributed by atoms with Gasteiger partial charge in [0, 0.05) is 22.5 Å². The van der Waals surface area contributed by atoms with Gasteiger partial charge in [-0.05, 0) is 55.0 Å². The van der Waals surface area contributed by atoms with Crippen LogP contribution in [0.15, 0.2) is 67.3 Å². The van der Waals surface area contributed by atoms with Crippen LogP contribution in [0.5, 0.6) is 0 Å². The topological polar surface area (TPSA) is 88.9 Å². The van der Waals surface area contributed by atoms with E-state index in [1.165, 1.54) is 23.4 Å². The van der Waals surface area contributed by atoms with E-state index in [2.05, 4.69) is 20.7 Å². The molecule has 1 heterocycles. The molecule has 2 aromatic carbocycles. The van der Waals surface area contributed by atoms with Crippen molar-refractivity contribution < 1.29 is 9.59 Å². The van der Waals surface area contributed by atoms with Gasteiger partial charge in [0.15, 0.2) is 0 Å². The Bertz CT molecular complexity index is 967. The third-order valence-corrected chi connectivity index (χ3v) is 4.18. The number of aromatic nitrogens is 3. The fourth-order valence-electron chi connectivity index (χ4n) is 2.35. The van der Waals surface area contributed by atoms with E-state index in [1.807, 2.05) is 12.1 Å². The molecule has 0 spiro atoms. The number of rotatable bonds is 6. The van der Waals surface area contributed by atoms with E-state index in [9.17, 15) is 9.59 Å². The molecule has 2 N–H and O–H groups in total. The fraction of sp³-hybridized carbons (Fsp3) is 0.100. The summed E-state index contributed by atoms with van der Waals surface area (Å²) in [6.07, 6.45) is 6.01. The minimum Gasteiger partial charge on any atom is -0.324 e. The molecule has 0 radical (unpaired) electrons. The molecule has 0 aliphatic rings. The van der Waals surface area contributed by atoms with Crippen LogP contribution in [0.2, 0.25) is 5.02 Å². The standard InChI is InChI=1S/C20H18ClN5O2/c1-14(26-13-22-12-23-26)20(28)25-18-9-7-17(8-10-18)24-19(27)11-4-15-2-5-16(21)6-3-15/h2-14H,1H3,(H,24,27)(H,25,28)/b11-4+. The van der Waals surface area contributed by atoms with Crippen LogP contribution in [0, 0.1) is 0 Å². The smallest absolute Gasteiger partial charge is 0.249 e. The van der Waals surface area contributed by atoms with Crippen molar-refractivity contribution in [1.82, 2.24) is 14.8 Å².